The van der Waals surface area contributed by atoms with Crippen molar-refractivity contribution in [2.24, 2.45) is 0 Å². The highest BCUT2D eigenvalue weighted by atomic mass is 35.5. The average molecular weight is 380 g/mol. The van der Waals surface area contributed by atoms with Crippen molar-refractivity contribution in [3.63, 3.8) is 0 Å². The zero-order valence-corrected chi connectivity index (χ0v) is 15.1. The van der Waals surface area contributed by atoms with E-state index in [1.54, 1.807) is 31.1 Å². The van der Waals surface area contributed by atoms with Gasteiger partial charge < -0.3 is 24.8 Å². The van der Waals surface area contributed by atoms with E-state index in [1.807, 2.05) is 0 Å². The number of anilines is 2. The van der Waals surface area contributed by atoms with Crippen molar-refractivity contribution < 1.29 is 19.0 Å². The number of esters is 1. The summed E-state index contributed by atoms with van der Waals surface area (Å²) in [6.07, 6.45) is 0.0253. The molecule has 0 radical (unpaired) electrons. The van der Waals surface area contributed by atoms with Crippen LogP contribution in [0.4, 0.5) is 11.9 Å². The van der Waals surface area contributed by atoms with Crippen LogP contribution in [0, 0.1) is 0 Å². The molecule has 0 amide bonds. The van der Waals surface area contributed by atoms with Gasteiger partial charge in [0.15, 0.2) is 23.9 Å². The third kappa shape index (κ3) is 4.23. The Balaban J connectivity index is 1.64. The number of nitrogens with two attached hydrogens (primary N) is 1. The molecular formula is C16H18ClN5O4. The van der Waals surface area contributed by atoms with Gasteiger partial charge in [0.05, 0.1) is 11.4 Å². The first-order valence-electron chi connectivity index (χ1n) is 7.84. The second-order valence-electron chi connectivity index (χ2n) is 5.74. The van der Waals surface area contributed by atoms with Crippen molar-refractivity contribution in [3.8, 4) is 11.5 Å². The molecule has 0 saturated carbocycles. The predicted octanol–water partition coefficient (Wildman–Crippen LogP) is 1.23. The summed E-state index contributed by atoms with van der Waals surface area (Å²) in [5.41, 5.74) is 6.30. The maximum atomic E-state index is 12.1. The van der Waals surface area contributed by atoms with Gasteiger partial charge in [-0.25, -0.2) is 0 Å². The number of fused-ring (bicyclic) bond motifs is 1. The SMILES string of the molecule is CN(C)c1nc(N)nc(COC(=O)Cc2cc(Cl)c3c(c2)OCCO3)n1. The summed E-state index contributed by atoms with van der Waals surface area (Å²) < 4.78 is 16.2. The van der Waals surface area contributed by atoms with Crippen LogP contribution in [0.2, 0.25) is 5.02 Å². The molecule has 26 heavy (non-hydrogen) atoms. The van der Waals surface area contributed by atoms with Crippen molar-refractivity contribution >= 4 is 29.5 Å². The number of carbonyl (C=O) groups is 1. The predicted molar refractivity (Wildman–Crippen MR) is 94.5 cm³/mol. The Kier molecular flexibility index (Phi) is 5.27. The number of carbonyl (C=O) groups excluding carboxylic acids is 1. The van der Waals surface area contributed by atoms with Crippen molar-refractivity contribution in [2.45, 2.75) is 13.0 Å². The zero-order valence-electron chi connectivity index (χ0n) is 14.4. The number of nitrogens with zero attached hydrogens (tertiary/aromatic N) is 4. The summed E-state index contributed by atoms with van der Waals surface area (Å²) in [6, 6.07) is 3.37. The summed E-state index contributed by atoms with van der Waals surface area (Å²) in [5, 5.41) is 0.394. The number of halogens is 1. The molecule has 1 aromatic heterocycles. The van der Waals surface area contributed by atoms with Crippen molar-refractivity contribution in [1.29, 1.82) is 0 Å². The highest BCUT2D eigenvalue weighted by Gasteiger charge is 2.18. The molecule has 0 bridgehead atoms. The minimum atomic E-state index is -0.455. The third-order valence-electron chi connectivity index (χ3n) is 3.45. The fourth-order valence-electron chi connectivity index (χ4n) is 2.32. The highest BCUT2D eigenvalue weighted by Crippen LogP contribution is 2.38. The number of ether oxygens (including phenoxy) is 3. The van der Waals surface area contributed by atoms with Gasteiger partial charge in [-0.1, -0.05) is 11.6 Å². The van der Waals surface area contributed by atoms with Gasteiger partial charge in [-0.2, -0.15) is 15.0 Å². The van der Waals surface area contributed by atoms with Crippen molar-refractivity contribution in [3.05, 3.63) is 28.5 Å². The highest BCUT2D eigenvalue weighted by molar-refractivity contribution is 6.32. The molecule has 2 aromatic rings. The van der Waals surface area contributed by atoms with E-state index >= 15 is 0 Å². The van der Waals surface area contributed by atoms with Crippen LogP contribution in [0.1, 0.15) is 11.4 Å². The molecule has 0 atom stereocenters. The molecule has 0 spiro atoms. The molecular weight excluding hydrogens is 362 g/mol. The smallest absolute Gasteiger partial charge is 0.310 e. The first-order chi connectivity index (χ1) is 12.4. The second-order valence-corrected chi connectivity index (χ2v) is 6.15. The summed E-state index contributed by atoms with van der Waals surface area (Å²) in [5.74, 6) is 1.28. The Labute approximate surface area is 155 Å². The van der Waals surface area contributed by atoms with E-state index in [-0.39, 0.29) is 24.8 Å². The molecule has 0 fully saturated rings. The number of hydrogen-bond donors (Lipinski definition) is 1. The van der Waals surface area contributed by atoms with Crippen molar-refractivity contribution in [2.75, 3.05) is 37.9 Å². The average Bonchev–Trinajstić information content (AvgIpc) is 2.59. The van der Waals surface area contributed by atoms with Crippen LogP contribution in [0.15, 0.2) is 12.1 Å². The van der Waals surface area contributed by atoms with Crippen LogP contribution in [-0.2, 0) is 22.6 Å². The molecule has 0 saturated heterocycles. The quantitative estimate of drug-likeness (QED) is 0.766. The van der Waals surface area contributed by atoms with Gasteiger partial charge >= 0.3 is 5.97 Å². The van der Waals surface area contributed by atoms with Gasteiger partial charge in [-0.3, -0.25) is 4.79 Å². The maximum absolute atomic E-state index is 12.1. The number of aromatic nitrogens is 3. The first-order valence-corrected chi connectivity index (χ1v) is 8.21. The molecule has 1 aliphatic heterocycles. The molecule has 0 unspecified atom stereocenters. The molecule has 2 N–H and O–H groups in total. The summed E-state index contributed by atoms with van der Waals surface area (Å²) in [4.78, 5) is 25.9. The van der Waals surface area contributed by atoms with Gasteiger partial charge in [-0.15, -0.1) is 0 Å². The number of benzene rings is 1. The minimum absolute atomic E-state index is 0.0253. The van der Waals surface area contributed by atoms with Crippen LogP contribution < -0.4 is 20.1 Å². The maximum Gasteiger partial charge on any atom is 0.310 e. The van der Waals surface area contributed by atoms with E-state index < -0.39 is 5.97 Å². The van der Waals surface area contributed by atoms with E-state index in [4.69, 9.17) is 31.5 Å². The van der Waals surface area contributed by atoms with Crippen LogP contribution in [0.25, 0.3) is 0 Å². The molecule has 138 valence electrons. The van der Waals surface area contributed by atoms with Gasteiger partial charge in [0.2, 0.25) is 11.9 Å². The Morgan fingerprint density at radius 1 is 1.27 bits per heavy atom. The Morgan fingerprint density at radius 3 is 2.81 bits per heavy atom. The lowest BCUT2D eigenvalue weighted by atomic mass is 10.1. The molecule has 3 rings (SSSR count). The van der Waals surface area contributed by atoms with Crippen LogP contribution >= 0.6 is 11.6 Å². The lowest BCUT2D eigenvalue weighted by molar-refractivity contribution is -0.144. The van der Waals surface area contributed by atoms with E-state index in [9.17, 15) is 4.79 Å². The van der Waals surface area contributed by atoms with Crippen LogP contribution in [-0.4, -0.2) is 48.2 Å². The Bertz CT molecular complexity index is 831. The lowest BCUT2D eigenvalue weighted by Gasteiger charge is -2.20. The van der Waals surface area contributed by atoms with Gasteiger partial charge in [0, 0.05) is 14.1 Å². The summed E-state index contributed by atoms with van der Waals surface area (Å²) in [6.45, 7) is 0.773. The Hall–Kier alpha value is -2.81. The summed E-state index contributed by atoms with van der Waals surface area (Å²) >= 11 is 6.17. The molecule has 2 heterocycles. The monoisotopic (exact) mass is 379 g/mol. The zero-order chi connectivity index (χ0) is 18.7. The Morgan fingerprint density at radius 2 is 2.04 bits per heavy atom. The fraction of sp³-hybridized carbons (Fsp3) is 0.375. The van der Waals surface area contributed by atoms with E-state index in [0.717, 1.165) is 0 Å². The lowest BCUT2D eigenvalue weighted by Crippen LogP contribution is -2.18. The fourth-order valence-corrected chi connectivity index (χ4v) is 2.61. The molecule has 9 nitrogen and oxygen atoms in total. The number of hydrogen-bond acceptors (Lipinski definition) is 9. The standard InChI is InChI=1S/C16H18ClN5O4/c1-22(2)16-20-12(19-15(18)21-16)8-26-13(23)7-9-5-10(17)14-11(6-9)24-3-4-25-14/h5-6H,3-4,7-8H2,1-2H3,(H2,18,19,20,21). The molecule has 10 heteroatoms. The first kappa shape index (κ1) is 18.0. The molecule has 0 aliphatic carbocycles. The minimum Gasteiger partial charge on any atom is -0.486 e. The third-order valence-corrected chi connectivity index (χ3v) is 3.74. The van der Waals surface area contributed by atoms with E-state index in [0.29, 0.717) is 41.2 Å². The molecule has 1 aromatic carbocycles. The van der Waals surface area contributed by atoms with Gasteiger partial charge in [-0.05, 0) is 17.7 Å². The van der Waals surface area contributed by atoms with E-state index in [1.165, 1.54) is 0 Å². The van der Waals surface area contributed by atoms with Gasteiger partial charge in [0.1, 0.15) is 13.2 Å². The second kappa shape index (κ2) is 7.61. The molecule has 1 aliphatic rings. The van der Waals surface area contributed by atoms with Gasteiger partial charge in [0.25, 0.3) is 0 Å². The number of nitrogen functional groups attached to an aromatic ring is 1. The largest absolute Gasteiger partial charge is 0.486 e. The summed E-state index contributed by atoms with van der Waals surface area (Å²) in [7, 11) is 3.55. The van der Waals surface area contributed by atoms with Crippen LogP contribution in [0.5, 0.6) is 11.5 Å². The van der Waals surface area contributed by atoms with Crippen LogP contribution in [0.3, 0.4) is 0 Å². The van der Waals surface area contributed by atoms with Crippen molar-refractivity contribution in [1.82, 2.24) is 15.0 Å². The normalized spacial score (nSPS) is 12.6. The topological polar surface area (TPSA) is 113 Å². The van der Waals surface area contributed by atoms with E-state index in [2.05, 4.69) is 15.0 Å². The number of rotatable bonds is 5.